The molecule has 2 heteroatoms. The first-order valence-corrected chi connectivity index (χ1v) is 19.0. The number of benzene rings is 8. The zero-order valence-corrected chi connectivity index (χ0v) is 30.5. The average Bonchev–Trinajstić information content (AvgIpc) is 3.77. The fourth-order valence-electron chi connectivity index (χ4n) is 8.54. The number of fused-ring (bicyclic) bond motifs is 6. The van der Waals surface area contributed by atoms with E-state index in [2.05, 4.69) is 217 Å². The summed E-state index contributed by atoms with van der Waals surface area (Å²) >= 11 is 0. The van der Waals surface area contributed by atoms with Gasteiger partial charge in [0.2, 0.25) is 0 Å². The molecule has 10 aromatic rings. The first kappa shape index (κ1) is 32.0. The molecule has 2 nitrogen and oxygen atoms in total. The topological polar surface area (TPSA) is 9.86 Å². The van der Waals surface area contributed by atoms with E-state index >= 15 is 0 Å². The quantitative estimate of drug-likeness (QED) is 0.157. The number of hydrogen-bond acceptors (Lipinski definition) is 0. The molecule has 8 aromatic carbocycles. The van der Waals surface area contributed by atoms with Crippen LogP contribution in [0.25, 0.3) is 66.1 Å². The second-order valence-corrected chi connectivity index (χ2v) is 14.6. The van der Waals surface area contributed by atoms with E-state index in [-0.39, 0.29) is 11.8 Å². The van der Waals surface area contributed by atoms with E-state index in [9.17, 15) is 0 Å². The maximum Gasteiger partial charge on any atom is 0.0541 e. The minimum Gasteiger partial charge on any atom is -0.309 e. The first-order valence-electron chi connectivity index (χ1n) is 19.0. The van der Waals surface area contributed by atoms with Crippen LogP contribution in [0, 0.1) is 0 Å². The van der Waals surface area contributed by atoms with Crippen molar-refractivity contribution in [2.24, 2.45) is 0 Å². The zero-order chi connectivity index (χ0) is 36.2. The molecule has 0 aliphatic heterocycles. The first-order chi connectivity index (χ1) is 26.6. The molecule has 2 atom stereocenters. The van der Waals surface area contributed by atoms with E-state index in [4.69, 9.17) is 0 Å². The fourth-order valence-corrected chi connectivity index (χ4v) is 8.54. The van der Waals surface area contributed by atoms with Crippen molar-refractivity contribution in [1.29, 1.82) is 0 Å². The lowest BCUT2D eigenvalue weighted by molar-refractivity contribution is 0.920. The number of para-hydroxylation sites is 4. The largest absolute Gasteiger partial charge is 0.309 e. The van der Waals surface area contributed by atoms with Crippen LogP contribution in [-0.2, 0) is 0 Å². The van der Waals surface area contributed by atoms with Crippen LogP contribution in [0.4, 0.5) is 0 Å². The van der Waals surface area contributed by atoms with Crippen LogP contribution in [-0.4, -0.2) is 9.13 Å². The van der Waals surface area contributed by atoms with E-state index in [0.717, 1.165) is 0 Å². The van der Waals surface area contributed by atoms with Crippen LogP contribution in [0.5, 0.6) is 0 Å². The van der Waals surface area contributed by atoms with E-state index in [1.54, 1.807) is 0 Å². The molecule has 0 saturated heterocycles. The van der Waals surface area contributed by atoms with Crippen molar-refractivity contribution in [2.75, 3.05) is 0 Å². The monoisotopic (exact) mass is 692 g/mol. The molecular formula is C52H40N2. The summed E-state index contributed by atoms with van der Waals surface area (Å²) < 4.78 is 4.76. The summed E-state index contributed by atoms with van der Waals surface area (Å²) in [7, 11) is 0. The van der Waals surface area contributed by atoms with E-state index in [0.29, 0.717) is 0 Å². The predicted molar refractivity (Wildman–Crippen MR) is 228 cm³/mol. The number of hydrogen-bond donors (Lipinski definition) is 0. The molecule has 0 radical (unpaired) electrons. The summed E-state index contributed by atoms with van der Waals surface area (Å²) in [4.78, 5) is 0. The summed E-state index contributed by atoms with van der Waals surface area (Å²) in [6, 6.07) is 71.2. The molecule has 2 unspecified atom stereocenters. The van der Waals surface area contributed by atoms with Crippen LogP contribution in [0.2, 0.25) is 0 Å². The van der Waals surface area contributed by atoms with Crippen molar-refractivity contribution >= 4 is 43.6 Å². The Hall–Kier alpha value is -6.64. The highest BCUT2D eigenvalue weighted by molar-refractivity contribution is 6.10. The van der Waals surface area contributed by atoms with E-state index in [1.165, 1.54) is 88.4 Å². The van der Waals surface area contributed by atoms with Crippen molar-refractivity contribution in [2.45, 2.75) is 25.7 Å². The third kappa shape index (κ3) is 5.33. The molecule has 0 N–H and O–H groups in total. The number of nitrogens with zero attached hydrogens (tertiary/aromatic N) is 2. The third-order valence-corrected chi connectivity index (χ3v) is 11.6. The Morgan fingerprint density at radius 3 is 0.796 bits per heavy atom. The molecule has 0 amide bonds. The molecule has 10 rings (SSSR count). The summed E-state index contributed by atoms with van der Waals surface area (Å²) in [5.74, 6) is 0.576. The minimum atomic E-state index is 0.288. The Labute approximate surface area is 316 Å². The smallest absolute Gasteiger partial charge is 0.0541 e. The van der Waals surface area contributed by atoms with Gasteiger partial charge in [-0.2, -0.15) is 0 Å². The zero-order valence-electron chi connectivity index (χ0n) is 30.5. The van der Waals surface area contributed by atoms with Gasteiger partial charge in [-0.25, -0.2) is 0 Å². The van der Waals surface area contributed by atoms with Crippen LogP contribution in [0.1, 0.15) is 47.9 Å². The van der Waals surface area contributed by atoms with Crippen LogP contribution < -0.4 is 0 Å². The molecule has 2 aromatic heterocycles. The Balaban J connectivity index is 0.851. The molecule has 0 spiro atoms. The highest BCUT2D eigenvalue weighted by atomic mass is 15.0. The van der Waals surface area contributed by atoms with Crippen molar-refractivity contribution in [3.05, 3.63) is 216 Å². The molecule has 54 heavy (non-hydrogen) atoms. The number of aromatic nitrogens is 2. The van der Waals surface area contributed by atoms with Crippen molar-refractivity contribution in [1.82, 2.24) is 9.13 Å². The lowest BCUT2D eigenvalue weighted by Gasteiger charge is -2.16. The lowest BCUT2D eigenvalue weighted by atomic mass is 9.90. The summed E-state index contributed by atoms with van der Waals surface area (Å²) in [6.07, 6.45) is 0. The van der Waals surface area contributed by atoms with Gasteiger partial charge in [-0.15, -0.1) is 0 Å². The van der Waals surface area contributed by atoms with Gasteiger partial charge in [0.1, 0.15) is 0 Å². The molecular weight excluding hydrogens is 653 g/mol. The lowest BCUT2D eigenvalue weighted by Crippen LogP contribution is -1.99. The number of rotatable bonds is 7. The molecule has 0 aliphatic rings. The van der Waals surface area contributed by atoms with E-state index in [1.807, 2.05) is 0 Å². The maximum absolute atomic E-state index is 2.38. The third-order valence-electron chi connectivity index (χ3n) is 11.6. The second-order valence-electron chi connectivity index (χ2n) is 14.6. The van der Waals surface area contributed by atoms with Crippen molar-refractivity contribution in [3.8, 4) is 22.5 Å². The highest BCUT2D eigenvalue weighted by Crippen LogP contribution is 2.35. The Bertz CT molecular complexity index is 2610. The molecule has 0 saturated carbocycles. The Kier molecular flexibility index (Phi) is 7.77. The SMILES string of the molecule is CC(c1ccc(-c2ccc(C(C)c3ccc(-n4c5ccccc5c5ccccc54)cc3)cc2)cc1)c1ccc(-n2c3ccccc3c3ccccc32)cc1. The summed E-state index contributed by atoms with van der Waals surface area (Å²) in [5.41, 5.74) is 15.1. The van der Waals surface area contributed by atoms with Crippen molar-refractivity contribution in [3.63, 3.8) is 0 Å². The van der Waals surface area contributed by atoms with Crippen molar-refractivity contribution < 1.29 is 0 Å². The van der Waals surface area contributed by atoms with Gasteiger partial charge in [-0.3, -0.25) is 0 Å². The second kappa shape index (κ2) is 13.1. The van der Waals surface area contributed by atoms with Gasteiger partial charge in [0.05, 0.1) is 22.1 Å². The summed E-state index contributed by atoms with van der Waals surface area (Å²) in [6.45, 7) is 4.60. The van der Waals surface area contributed by atoms with E-state index < -0.39 is 0 Å². The molecule has 0 bridgehead atoms. The minimum absolute atomic E-state index is 0.288. The molecule has 0 fully saturated rings. The van der Waals surface area contributed by atoms with Gasteiger partial charge in [-0.1, -0.05) is 159 Å². The van der Waals surface area contributed by atoms with Gasteiger partial charge < -0.3 is 9.13 Å². The average molecular weight is 693 g/mol. The van der Waals surface area contributed by atoms with Crippen LogP contribution in [0.15, 0.2) is 194 Å². The molecule has 0 aliphatic carbocycles. The van der Waals surface area contributed by atoms with Gasteiger partial charge in [0.15, 0.2) is 0 Å². The molecule has 258 valence electrons. The standard InChI is InChI=1S/C52H40N2/c1-35(39-27-31-43(32-28-39)53-49-15-7-3-11-45(49)46-12-4-8-16-50(46)53)37-19-23-41(24-20-37)42-25-21-38(22-26-42)36(2)40-29-33-44(34-30-40)54-51-17-9-5-13-47(51)48-14-6-10-18-52(48)54/h3-36H,1-2H3. The van der Waals surface area contributed by atoms with Gasteiger partial charge in [-0.05, 0) is 81.9 Å². The van der Waals surface area contributed by atoms with Gasteiger partial charge in [0.25, 0.3) is 0 Å². The van der Waals surface area contributed by atoms with Gasteiger partial charge >= 0.3 is 0 Å². The Morgan fingerprint density at radius 2 is 0.519 bits per heavy atom. The maximum atomic E-state index is 2.38. The highest BCUT2D eigenvalue weighted by Gasteiger charge is 2.15. The van der Waals surface area contributed by atoms with Gasteiger partial charge in [0, 0.05) is 44.8 Å². The van der Waals surface area contributed by atoms with Crippen LogP contribution in [0.3, 0.4) is 0 Å². The summed E-state index contributed by atoms with van der Waals surface area (Å²) in [5, 5.41) is 5.15. The predicted octanol–water partition coefficient (Wildman–Crippen LogP) is 13.9. The normalized spacial score (nSPS) is 12.9. The Morgan fingerprint density at radius 1 is 0.278 bits per heavy atom. The fraction of sp³-hybridized carbons (Fsp3) is 0.0769. The molecule has 2 heterocycles. The van der Waals surface area contributed by atoms with Crippen LogP contribution >= 0.6 is 0 Å².